The normalized spacial score (nSPS) is 20.8. The Morgan fingerprint density at radius 3 is 1.32 bits per heavy atom. The lowest BCUT2D eigenvalue weighted by molar-refractivity contribution is 1.20. The standard InChI is InChI=1S/C14H22S5/c1-2-14-4-6-16-8-10-18-12-11-17-9-7-15-5-3-13(1)19-14/h1-2H,3-12H2. The molecular formula is C14H22S5. The molecular weight excluding hydrogens is 328 g/mol. The lowest BCUT2D eigenvalue weighted by Gasteiger charge is -2.02. The van der Waals surface area contributed by atoms with Gasteiger partial charge in [-0.25, -0.2) is 0 Å². The molecule has 1 aliphatic heterocycles. The quantitative estimate of drug-likeness (QED) is 0.660. The molecule has 1 aromatic heterocycles. The van der Waals surface area contributed by atoms with E-state index >= 15 is 0 Å². The van der Waals surface area contributed by atoms with Gasteiger partial charge in [-0.15, -0.1) is 11.3 Å². The van der Waals surface area contributed by atoms with E-state index in [4.69, 9.17) is 0 Å². The van der Waals surface area contributed by atoms with Crippen molar-refractivity contribution in [3.8, 4) is 0 Å². The molecule has 1 aromatic rings. The fourth-order valence-corrected chi connectivity index (χ4v) is 7.45. The van der Waals surface area contributed by atoms with Crippen molar-refractivity contribution in [3.05, 3.63) is 21.9 Å². The number of hydrogen-bond acceptors (Lipinski definition) is 5. The molecule has 0 aromatic carbocycles. The van der Waals surface area contributed by atoms with Gasteiger partial charge in [0, 0.05) is 44.3 Å². The summed E-state index contributed by atoms with van der Waals surface area (Å²) in [5, 5.41) is 0. The number of fused-ring (bicyclic) bond motifs is 2. The van der Waals surface area contributed by atoms with E-state index in [0.29, 0.717) is 0 Å². The van der Waals surface area contributed by atoms with Crippen molar-refractivity contribution in [2.75, 3.05) is 46.0 Å². The molecule has 108 valence electrons. The van der Waals surface area contributed by atoms with Gasteiger partial charge >= 0.3 is 0 Å². The fourth-order valence-electron chi connectivity index (χ4n) is 1.80. The van der Waals surface area contributed by atoms with Gasteiger partial charge in [-0.05, 0) is 36.5 Å². The maximum absolute atomic E-state index is 2.35. The molecule has 0 radical (unpaired) electrons. The summed E-state index contributed by atoms with van der Waals surface area (Å²) in [6.07, 6.45) is 2.53. The van der Waals surface area contributed by atoms with Crippen molar-refractivity contribution in [1.29, 1.82) is 0 Å². The topological polar surface area (TPSA) is 0 Å². The minimum atomic E-state index is 1.27. The van der Waals surface area contributed by atoms with E-state index in [-0.39, 0.29) is 0 Å². The predicted molar refractivity (Wildman–Crippen MR) is 101 cm³/mol. The van der Waals surface area contributed by atoms with Crippen LogP contribution < -0.4 is 0 Å². The zero-order valence-corrected chi connectivity index (χ0v) is 15.3. The third-order valence-electron chi connectivity index (χ3n) is 2.82. The third-order valence-corrected chi connectivity index (χ3v) is 8.74. The Morgan fingerprint density at radius 1 is 0.526 bits per heavy atom. The number of thiophene rings is 1. The lowest BCUT2D eigenvalue weighted by Crippen LogP contribution is -1.94. The monoisotopic (exact) mass is 350 g/mol. The van der Waals surface area contributed by atoms with Gasteiger partial charge in [0.2, 0.25) is 0 Å². The summed E-state index contributed by atoms with van der Waals surface area (Å²) in [6.45, 7) is 0. The summed E-state index contributed by atoms with van der Waals surface area (Å²) in [7, 11) is 0. The van der Waals surface area contributed by atoms with Gasteiger partial charge in [0.1, 0.15) is 0 Å². The molecule has 2 heterocycles. The summed E-state index contributed by atoms with van der Waals surface area (Å²) in [5.74, 6) is 10.6. The molecule has 2 bridgehead atoms. The van der Waals surface area contributed by atoms with Crippen LogP contribution in [0, 0.1) is 0 Å². The van der Waals surface area contributed by atoms with Crippen LogP contribution in [-0.4, -0.2) is 46.0 Å². The summed E-state index contributed by atoms with van der Waals surface area (Å²) >= 11 is 10.5. The maximum atomic E-state index is 2.35. The SMILES string of the molecule is c1cc2sc1CCSCCSCCSCCSCC2. The van der Waals surface area contributed by atoms with E-state index in [1.807, 2.05) is 11.3 Å². The van der Waals surface area contributed by atoms with Crippen molar-refractivity contribution < 1.29 is 0 Å². The maximum Gasteiger partial charge on any atom is 0.00563 e. The van der Waals surface area contributed by atoms with Gasteiger partial charge in [-0.3, -0.25) is 0 Å². The molecule has 5 heteroatoms. The largest absolute Gasteiger partial charge is 0.161 e. The van der Waals surface area contributed by atoms with Crippen LogP contribution in [0.15, 0.2) is 12.1 Å². The van der Waals surface area contributed by atoms with Crippen molar-refractivity contribution in [2.24, 2.45) is 0 Å². The Hall–Kier alpha value is 1.10. The summed E-state index contributed by atoms with van der Waals surface area (Å²) in [5.41, 5.74) is 0. The number of thioether (sulfide) groups is 4. The van der Waals surface area contributed by atoms with Crippen LogP contribution in [0.5, 0.6) is 0 Å². The molecule has 0 saturated carbocycles. The molecule has 0 aliphatic carbocycles. The second kappa shape index (κ2) is 10.8. The van der Waals surface area contributed by atoms with Gasteiger partial charge in [0.25, 0.3) is 0 Å². The zero-order chi connectivity index (χ0) is 13.2. The predicted octanol–water partition coefficient (Wildman–Crippen LogP) is 4.78. The zero-order valence-electron chi connectivity index (χ0n) is 11.3. The molecule has 0 N–H and O–H groups in total. The van der Waals surface area contributed by atoms with Crippen LogP contribution in [-0.2, 0) is 12.8 Å². The molecule has 19 heavy (non-hydrogen) atoms. The van der Waals surface area contributed by atoms with Gasteiger partial charge in [0.15, 0.2) is 0 Å². The molecule has 0 fully saturated rings. The Bertz CT molecular complexity index is 306. The highest BCUT2D eigenvalue weighted by Gasteiger charge is 2.02. The highest BCUT2D eigenvalue weighted by Crippen LogP contribution is 2.21. The molecule has 0 unspecified atom stereocenters. The van der Waals surface area contributed by atoms with Crippen LogP contribution in [0.25, 0.3) is 0 Å². The first kappa shape index (κ1) is 16.5. The van der Waals surface area contributed by atoms with Crippen LogP contribution in [0.4, 0.5) is 0 Å². The summed E-state index contributed by atoms with van der Waals surface area (Å²) in [4.78, 5) is 3.17. The number of hydrogen-bond donors (Lipinski definition) is 0. The highest BCUT2D eigenvalue weighted by atomic mass is 32.2. The van der Waals surface area contributed by atoms with Gasteiger partial charge in [0.05, 0.1) is 0 Å². The van der Waals surface area contributed by atoms with Gasteiger partial charge in [-0.1, -0.05) is 0 Å². The van der Waals surface area contributed by atoms with E-state index in [9.17, 15) is 0 Å². The van der Waals surface area contributed by atoms with E-state index in [0.717, 1.165) is 0 Å². The van der Waals surface area contributed by atoms with Crippen molar-refractivity contribution in [2.45, 2.75) is 12.8 Å². The first-order valence-corrected chi connectivity index (χ1v) is 12.3. The second-order valence-corrected chi connectivity index (χ2v) is 10.5. The average Bonchev–Trinajstić information content (AvgIpc) is 2.86. The van der Waals surface area contributed by atoms with Gasteiger partial charge in [-0.2, -0.15) is 47.0 Å². The first-order chi connectivity index (χ1) is 9.45. The fraction of sp³-hybridized carbons (Fsp3) is 0.714. The molecule has 0 amide bonds. The van der Waals surface area contributed by atoms with Crippen LogP contribution in [0.3, 0.4) is 0 Å². The molecule has 2 rings (SSSR count). The van der Waals surface area contributed by atoms with E-state index in [1.165, 1.54) is 58.9 Å². The minimum absolute atomic E-state index is 1.27. The Balaban J connectivity index is 1.74. The second-order valence-electron chi connectivity index (χ2n) is 4.32. The number of rotatable bonds is 0. The van der Waals surface area contributed by atoms with Crippen LogP contribution >= 0.6 is 58.4 Å². The molecule has 0 atom stereocenters. The summed E-state index contributed by atoms with van der Waals surface area (Å²) < 4.78 is 0. The Labute approximate surface area is 138 Å². The van der Waals surface area contributed by atoms with E-state index in [2.05, 4.69) is 59.2 Å². The van der Waals surface area contributed by atoms with Crippen molar-refractivity contribution >= 4 is 58.4 Å². The Kier molecular flexibility index (Phi) is 9.34. The minimum Gasteiger partial charge on any atom is -0.161 e. The molecule has 0 spiro atoms. The van der Waals surface area contributed by atoms with Gasteiger partial charge < -0.3 is 0 Å². The third kappa shape index (κ3) is 7.60. The molecule has 0 nitrogen and oxygen atoms in total. The van der Waals surface area contributed by atoms with Crippen LogP contribution in [0.2, 0.25) is 0 Å². The molecule has 0 saturated heterocycles. The summed E-state index contributed by atoms with van der Waals surface area (Å²) in [6, 6.07) is 4.69. The van der Waals surface area contributed by atoms with E-state index in [1.54, 1.807) is 9.75 Å². The van der Waals surface area contributed by atoms with Crippen LogP contribution in [0.1, 0.15) is 9.75 Å². The van der Waals surface area contributed by atoms with Crippen molar-refractivity contribution in [1.82, 2.24) is 0 Å². The van der Waals surface area contributed by atoms with E-state index < -0.39 is 0 Å². The first-order valence-electron chi connectivity index (χ1n) is 6.84. The smallest absolute Gasteiger partial charge is 0.00563 e. The highest BCUT2D eigenvalue weighted by molar-refractivity contribution is 8.05. The number of aryl methyl sites for hydroxylation is 2. The van der Waals surface area contributed by atoms with Crippen molar-refractivity contribution in [3.63, 3.8) is 0 Å². The Morgan fingerprint density at radius 2 is 0.895 bits per heavy atom. The average molecular weight is 351 g/mol. The molecule has 1 aliphatic rings. The lowest BCUT2D eigenvalue weighted by atomic mass is 10.3.